The highest BCUT2D eigenvalue weighted by atomic mass is 127. The Morgan fingerprint density at radius 3 is 2.84 bits per heavy atom. The van der Waals surface area contributed by atoms with Crippen LogP contribution in [0, 0.1) is 0 Å². The van der Waals surface area contributed by atoms with Crippen molar-refractivity contribution < 1.29 is 14.2 Å². The Labute approximate surface area is 171 Å². The fourth-order valence-corrected chi connectivity index (χ4v) is 2.61. The molecule has 142 valence electrons. The molecule has 1 aliphatic rings. The second-order valence-electron chi connectivity index (χ2n) is 5.36. The van der Waals surface area contributed by atoms with Crippen molar-refractivity contribution in [3.8, 4) is 11.5 Å². The van der Waals surface area contributed by atoms with E-state index < -0.39 is 0 Å². The summed E-state index contributed by atoms with van der Waals surface area (Å²) in [6.45, 7) is 6.17. The van der Waals surface area contributed by atoms with Gasteiger partial charge in [0.25, 0.3) is 0 Å². The van der Waals surface area contributed by atoms with Crippen LogP contribution in [0.2, 0.25) is 5.02 Å². The molecule has 0 unspecified atom stereocenters. The number of nitrogens with one attached hydrogen (secondary N) is 2. The molecular formula is C17H27ClIN3O3. The van der Waals surface area contributed by atoms with Crippen molar-refractivity contribution in [1.82, 2.24) is 10.6 Å². The van der Waals surface area contributed by atoms with E-state index in [-0.39, 0.29) is 24.0 Å². The average molecular weight is 484 g/mol. The first-order valence-electron chi connectivity index (χ1n) is 8.35. The lowest BCUT2D eigenvalue weighted by Gasteiger charge is -2.14. The van der Waals surface area contributed by atoms with Gasteiger partial charge in [-0.2, -0.15) is 0 Å². The summed E-state index contributed by atoms with van der Waals surface area (Å²) in [6.07, 6.45) is 1.79. The molecule has 0 saturated carbocycles. The van der Waals surface area contributed by atoms with Gasteiger partial charge >= 0.3 is 0 Å². The molecule has 1 aliphatic heterocycles. The molecule has 0 amide bonds. The predicted octanol–water partition coefficient (Wildman–Crippen LogP) is 3.21. The van der Waals surface area contributed by atoms with E-state index in [1.165, 1.54) is 0 Å². The molecule has 0 atom stereocenters. The van der Waals surface area contributed by atoms with Gasteiger partial charge in [0, 0.05) is 39.8 Å². The summed E-state index contributed by atoms with van der Waals surface area (Å²) in [5.74, 6) is 2.09. The van der Waals surface area contributed by atoms with E-state index in [2.05, 4.69) is 15.6 Å². The molecule has 1 aromatic carbocycles. The van der Waals surface area contributed by atoms with E-state index in [1.54, 1.807) is 7.05 Å². The van der Waals surface area contributed by atoms with E-state index in [0.29, 0.717) is 36.3 Å². The molecule has 2 rings (SSSR count). The number of benzene rings is 1. The van der Waals surface area contributed by atoms with Crippen LogP contribution in [0.1, 0.15) is 25.3 Å². The Morgan fingerprint density at radius 1 is 1.28 bits per heavy atom. The van der Waals surface area contributed by atoms with E-state index in [0.717, 1.165) is 44.1 Å². The van der Waals surface area contributed by atoms with Crippen molar-refractivity contribution in [2.24, 2.45) is 4.99 Å². The minimum absolute atomic E-state index is 0. The van der Waals surface area contributed by atoms with Gasteiger partial charge in [0.15, 0.2) is 17.5 Å². The standard InChI is InChI=1S/C17H26ClN3O3.HI/c1-3-22-7-4-6-20-17(19-2)21-12-13-10-14(18)16-15(11-13)23-8-5-9-24-16;/h10-11H,3-9,12H2,1-2H3,(H2,19,20,21);1H. The maximum atomic E-state index is 6.31. The minimum atomic E-state index is 0. The fraction of sp³-hybridized carbons (Fsp3) is 0.588. The van der Waals surface area contributed by atoms with Crippen LogP contribution in [0.4, 0.5) is 0 Å². The summed E-state index contributed by atoms with van der Waals surface area (Å²) in [5.41, 5.74) is 1.02. The quantitative estimate of drug-likeness (QED) is 0.270. The number of halogens is 2. The SMILES string of the molecule is CCOCCCNC(=NC)NCc1cc(Cl)c2c(c1)OCCCO2.I. The maximum absolute atomic E-state index is 6.31. The van der Waals surface area contributed by atoms with E-state index >= 15 is 0 Å². The molecule has 0 aromatic heterocycles. The number of guanidine groups is 1. The smallest absolute Gasteiger partial charge is 0.191 e. The van der Waals surface area contributed by atoms with Crippen molar-refractivity contribution >= 4 is 41.5 Å². The Morgan fingerprint density at radius 2 is 2.08 bits per heavy atom. The van der Waals surface area contributed by atoms with E-state index in [4.69, 9.17) is 25.8 Å². The monoisotopic (exact) mass is 483 g/mol. The van der Waals surface area contributed by atoms with Crippen molar-refractivity contribution in [3.05, 3.63) is 22.7 Å². The number of hydrogen-bond acceptors (Lipinski definition) is 4. The van der Waals surface area contributed by atoms with Crippen LogP contribution in [0.25, 0.3) is 0 Å². The maximum Gasteiger partial charge on any atom is 0.191 e. The van der Waals surface area contributed by atoms with E-state index in [9.17, 15) is 0 Å². The normalized spacial score (nSPS) is 13.6. The third-order valence-corrected chi connectivity index (χ3v) is 3.79. The van der Waals surface area contributed by atoms with Gasteiger partial charge in [-0.05, 0) is 31.0 Å². The zero-order valence-electron chi connectivity index (χ0n) is 14.8. The molecule has 6 nitrogen and oxygen atoms in total. The molecule has 1 aromatic rings. The van der Waals surface area contributed by atoms with Crippen LogP contribution in [0.15, 0.2) is 17.1 Å². The molecular weight excluding hydrogens is 457 g/mol. The van der Waals surface area contributed by atoms with Gasteiger partial charge in [0.1, 0.15) is 0 Å². The molecule has 0 aliphatic carbocycles. The lowest BCUT2D eigenvalue weighted by Crippen LogP contribution is -2.37. The second kappa shape index (κ2) is 12.4. The lowest BCUT2D eigenvalue weighted by molar-refractivity contribution is 0.145. The molecule has 0 spiro atoms. The van der Waals surface area contributed by atoms with Gasteiger partial charge in [-0.3, -0.25) is 4.99 Å². The summed E-state index contributed by atoms with van der Waals surface area (Å²) in [5, 5.41) is 7.10. The zero-order chi connectivity index (χ0) is 17.2. The number of rotatable bonds is 7. The van der Waals surface area contributed by atoms with Crippen LogP contribution in [-0.4, -0.2) is 46.0 Å². The van der Waals surface area contributed by atoms with Crippen molar-refractivity contribution in [2.45, 2.75) is 26.3 Å². The van der Waals surface area contributed by atoms with Gasteiger partial charge in [0.2, 0.25) is 0 Å². The summed E-state index contributed by atoms with van der Waals surface area (Å²) < 4.78 is 16.7. The van der Waals surface area contributed by atoms with Crippen molar-refractivity contribution in [3.63, 3.8) is 0 Å². The van der Waals surface area contributed by atoms with Crippen LogP contribution in [0.3, 0.4) is 0 Å². The first kappa shape index (κ1) is 22.1. The number of ether oxygens (including phenoxy) is 3. The van der Waals surface area contributed by atoms with Crippen LogP contribution < -0.4 is 20.1 Å². The van der Waals surface area contributed by atoms with Crippen LogP contribution >= 0.6 is 35.6 Å². The molecule has 0 saturated heterocycles. The summed E-state index contributed by atoms with van der Waals surface area (Å²) >= 11 is 6.31. The van der Waals surface area contributed by atoms with Gasteiger partial charge < -0.3 is 24.8 Å². The molecule has 0 radical (unpaired) electrons. The number of hydrogen-bond donors (Lipinski definition) is 2. The molecule has 25 heavy (non-hydrogen) atoms. The summed E-state index contributed by atoms with van der Waals surface area (Å²) in [7, 11) is 1.75. The third-order valence-electron chi connectivity index (χ3n) is 3.51. The molecule has 1 heterocycles. The lowest BCUT2D eigenvalue weighted by atomic mass is 10.2. The number of fused-ring (bicyclic) bond motifs is 1. The summed E-state index contributed by atoms with van der Waals surface area (Å²) in [6, 6.07) is 3.85. The largest absolute Gasteiger partial charge is 0.489 e. The highest BCUT2D eigenvalue weighted by Gasteiger charge is 2.15. The Hall–Kier alpha value is -0.930. The zero-order valence-corrected chi connectivity index (χ0v) is 17.9. The Kier molecular flexibility index (Phi) is 11.0. The highest BCUT2D eigenvalue weighted by Crippen LogP contribution is 2.37. The first-order valence-corrected chi connectivity index (χ1v) is 8.72. The highest BCUT2D eigenvalue weighted by molar-refractivity contribution is 14.0. The Bertz CT molecular complexity index is 558. The molecule has 2 N–H and O–H groups in total. The molecule has 0 bridgehead atoms. The Balaban J connectivity index is 0.00000312. The fourth-order valence-electron chi connectivity index (χ4n) is 2.32. The predicted molar refractivity (Wildman–Crippen MR) is 112 cm³/mol. The second-order valence-corrected chi connectivity index (χ2v) is 5.77. The topological polar surface area (TPSA) is 64.1 Å². The summed E-state index contributed by atoms with van der Waals surface area (Å²) in [4.78, 5) is 4.21. The number of nitrogens with zero attached hydrogens (tertiary/aromatic N) is 1. The van der Waals surface area contributed by atoms with Crippen LogP contribution in [0.5, 0.6) is 11.5 Å². The van der Waals surface area contributed by atoms with Crippen LogP contribution in [-0.2, 0) is 11.3 Å². The van der Waals surface area contributed by atoms with Gasteiger partial charge in [0.05, 0.1) is 18.2 Å². The first-order chi connectivity index (χ1) is 11.7. The molecule has 8 heteroatoms. The average Bonchev–Trinajstić information content (AvgIpc) is 2.83. The number of aliphatic imine (C=N–C) groups is 1. The van der Waals surface area contributed by atoms with Gasteiger partial charge in [-0.25, -0.2) is 0 Å². The van der Waals surface area contributed by atoms with Gasteiger partial charge in [-0.15, -0.1) is 24.0 Å². The van der Waals surface area contributed by atoms with E-state index in [1.807, 2.05) is 19.1 Å². The van der Waals surface area contributed by atoms with Crippen molar-refractivity contribution in [2.75, 3.05) is 40.0 Å². The minimum Gasteiger partial charge on any atom is -0.489 e. The third kappa shape index (κ3) is 7.45. The molecule has 0 fully saturated rings. The van der Waals surface area contributed by atoms with Gasteiger partial charge in [-0.1, -0.05) is 11.6 Å². The van der Waals surface area contributed by atoms with Crippen molar-refractivity contribution in [1.29, 1.82) is 0 Å².